The number of rotatable bonds is 12. The third-order valence-corrected chi connectivity index (χ3v) is 7.74. The fourth-order valence-electron chi connectivity index (χ4n) is 4.65. The van der Waals surface area contributed by atoms with Crippen LogP contribution in [-0.4, -0.2) is 64.2 Å². The maximum Gasteiger partial charge on any atom is 0.244 e. The number of ether oxygens (including phenoxy) is 2. The summed E-state index contributed by atoms with van der Waals surface area (Å²) in [5, 5.41) is 3.10. The molecule has 0 radical (unpaired) electrons. The van der Waals surface area contributed by atoms with Crippen molar-refractivity contribution < 1.29 is 27.5 Å². The van der Waals surface area contributed by atoms with Crippen molar-refractivity contribution >= 4 is 27.5 Å². The number of benzene rings is 2. The molecule has 3 rings (SSSR count). The zero-order valence-electron chi connectivity index (χ0n) is 22.0. The molecule has 1 aliphatic rings. The first kappa shape index (κ1) is 28.3. The van der Waals surface area contributed by atoms with E-state index in [1.54, 1.807) is 12.1 Å². The Hall–Kier alpha value is -3.27. The Kier molecular flexibility index (Phi) is 9.79. The molecule has 0 unspecified atom stereocenters. The molecule has 0 saturated heterocycles. The van der Waals surface area contributed by atoms with Gasteiger partial charge in [0.05, 0.1) is 26.2 Å². The number of amides is 2. The van der Waals surface area contributed by atoms with Gasteiger partial charge in [0.1, 0.15) is 24.1 Å². The van der Waals surface area contributed by atoms with E-state index in [1.807, 2.05) is 37.3 Å². The second-order valence-electron chi connectivity index (χ2n) is 9.23. The summed E-state index contributed by atoms with van der Waals surface area (Å²) in [4.78, 5) is 28.6. The van der Waals surface area contributed by atoms with Gasteiger partial charge in [0.15, 0.2) is 0 Å². The largest absolute Gasteiger partial charge is 0.497 e. The van der Waals surface area contributed by atoms with Gasteiger partial charge >= 0.3 is 0 Å². The quantitative estimate of drug-likeness (QED) is 0.451. The molecule has 1 atom stereocenters. The molecule has 1 saturated carbocycles. The highest BCUT2D eigenvalue weighted by Gasteiger charge is 2.33. The number of anilines is 1. The zero-order chi connectivity index (χ0) is 27.0. The first-order valence-electron chi connectivity index (χ1n) is 12.5. The van der Waals surface area contributed by atoms with Gasteiger partial charge in [0, 0.05) is 18.7 Å². The number of methoxy groups -OCH3 is 2. The van der Waals surface area contributed by atoms with Gasteiger partial charge in [-0.2, -0.15) is 0 Å². The molecule has 1 fully saturated rings. The third-order valence-electron chi connectivity index (χ3n) is 6.62. The minimum absolute atomic E-state index is 0.101. The lowest BCUT2D eigenvalue weighted by molar-refractivity contribution is -0.140. The molecule has 2 amide bonds. The molecule has 10 heteroatoms. The van der Waals surface area contributed by atoms with Crippen LogP contribution in [0.5, 0.6) is 11.5 Å². The van der Waals surface area contributed by atoms with Crippen LogP contribution in [-0.2, 0) is 26.2 Å². The van der Waals surface area contributed by atoms with Crippen LogP contribution in [0.3, 0.4) is 0 Å². The third kappa shape index (κ3) is 7.38. The van der Waals surface area contributed by atoms with Gasteiger partial charge in [-0.3, -0.25) is 13.9 Å². The van der Waals surface area contributed by atoms with Gasteiger partial charge in [-0.25, -0.2) is 8.42 Å². The molecule has 2 aromatic carbocycles. The Labute approximate surface area is 219 Å². The van der Waals surface area contributed by atoms with E-state index in [1.165, 1.54) is 25.2 Å². The molecule has 0 aliphatic heterocycles. The molecule has 0 bridgehead atoms. The van der Waals surface area contributed by atoms with Crippen LogP contribution in [0.2, 0.25) is 0 Å². The smallest absolute Gasteiger partial charge is 0.244 e. The number of hydrogen-bond donors (Lipinski definition) is 1. The maximum atomic E-state index is 13.8. The van der Waals surface area contributed by atoms with E-state index in [9.17, 15) is 18.0 Å². The van der Waals surface area contributed by atoms with Crippen molar-refractivity contribution in [2.75, 3.05) is 31.3 Å². The van der Waals surface area contributed by atoms with Gasteiger partial charge in [-0.15, -0.1) is 0 Å². The normalized spacial score (nSPS) is 14.6. The zero-order valence-corrected chi connectivity index (χ0v) is 22.8. The molecule has 0 heterocycles. The summed E-state index contributed by atoms with van der Waals surface area (Å²) in [5.41, 5.74) is 1.02. The minimum Gasteiger partial charge on any atom is -0.497 e. The predicted molar refractivity (Wildman–Crippen MR) is 143 cm³/mol. The average molecular weight is 532 g/mol. The van der Waals surface area contributed by atoms with Crippen LogP contribution in [0.1, 0.15) is 44.6 Å². The fraction of sp³-hybridized carbons (Fsp3) is 0.481. The lowest BCUT2D eigenvalue weighted by Crippen LogP contribution is -2.53. The minimum atomic E-state index is -3.90. The van der Waals surface area contributed by atoms with Crippen molar-refractivity contribution in [1.82, 2.24) is 10.2 Å². The van der Waals surface area contributed by atoms with E-state index in [0.717, 1.165) is 41.8 Å². The van der Waals surface area contributed by atoms with Crippen molar-refractivity contribution in [2.45, 2.75) is 57.7 Å². The van der Waals surface area contributed by atoms with Crippen molar-refractivity contribution in [2.24, 2.45) is 0 Å². The van der Waals surface area contributed by atoms with Crippen LogP contribution in [0.4, 0.5) is 5.69 Å². The van der Waals surface area contributed by atoms with Gasteiger partial charge in [-0.1, -0.05) is 50.1 Å². The van der Waals surface area contributed by atoms with E-state index < -0.39 is 28.5 Å². The van der Waals surface area contributed by atoms with Gasteiger partial charge in [-0.05, 0) is 37.0 Å². The Balaban J connectivity index is 1.96. The van der Waals surface area contributed by atoms with Crippen molar-refractivity contribution in [3.8, 4) is 11.5 Å². The summed E-state index contributed by atoms with van der Waals surface area (Å²) in [6, 6.07) is 13.4. The monoisotopic (exact) mass is 531 g/mol. The second-order valence-corrected chi connectivity index (χ2v) is 11.1. The molecular weight excluding hydrogens is 494 g/mol. The molecule has 0 aromatic heterocycles. The summed E-state index contributed by atoms with van der Waals surface area (Å²) in [6.07, 6.45) is 5.40. The van der Waals surface area contributed by atoms with E-state index in [-0.39, 0.29) is 29.9 Å². The number of hydrogen-bond acceptors (Lipinski definition) is 6. The molecular formula is C27H37N3O6S. The molecule has 37 heavy (non-hydrogen) atoms. The van der Waals surface area contributed by atoms with Gasteiger partial charge in [0.25, 0.3) is 0 Å². The Morgan fingerprint density at radius 2 is 1.73 bits per heavy atom. The van der Waals surface area contributed by atoms with Gasteiger partial charge in [0.2, 0.25) is 21.8 Å². The van der Waals surface area contributed by atoms with E-state index in [2.05, 4.69) is 5.32 Å². The van der Waals surface area contributed by atoms with Crippen LogP contribution in [0, 0.1) is 0 Å². The summed E-state index contributed by atoms with van der Waals surface area (Å²) in [7, 11) is -1.00. The highest BCUT2D eigenvalue weighted by Crippen LogP contribution is 2.34. The topological polar surface area (TPSA) is 105 Å². The van der Waals surface area contributed by atoms with Gasteiger partial charge < -0.3 is 19.7 Å². The molecule has 202 valence electrons. The van der Waals surface area contributed by atoms with Crippen molar-refractivity contribution in [1.29, 1.82) is 0 Å². The number of nitrogens with one attached hydrogen (secondary N) is 1. The number of carbonyl (C=O) groups is 2. The standard InChI is InChI=1S/C27H37N3O6S/c1-5-23(27(32)28-21-13-9-10-14-21)29(18-20-11-7-6-8-12-20)26(31)19-30(37(4,33)34)24-17-22(35-2)15-16-25(24)36-3/h6-8,11-12,15-17,21,23H,5,9-10,13-14,18-19H2,1-4H3,(H,28,32)/t23-/m1/s1. The molecule has 1 aliphatic carbocycles. The SMILES string of the molecule is CC[C@H](C(=O)NC1CCCC1)N(Cc1ccccc1)C(=O)CN(c1cc(OC)ccc1OC)S(C)(=O)=O. The van der Waals surface area contributed by atoms with Crippen LogP contribution in [0.25, 0.3) is 0 Å². The van der Waals surface area contributed by atoms with E-state index >= 15 is 0 Å². The predicted octanol–water partition coefficient (Wildman–Crippen LogP) is 3.34. The number of carbonyl (C=O) groups excluding carboxylic acids is 2. The molecule has 9 nitrogen and oxygen atoms in total. The molecule has 0 spiro atoms. The van der Waals surface area contributed by atoms with Crippen LogP contribution < -0.4 is 19.1 Å². The average Bonchev–Trinajstić information content (AvgIpc) is 3.39. The van der Waals surface area contributed by atoms with Crippen molar-refractivity contribution in [3.05, 3.63) is 54.1 Å². The lowest BCUT2D eigenvalue weighted by atomic mass is 10.1. The highest BCUT2D eigenvalue weighted by molar-refractivity contribution is 7.92. The maximum absolute atomic E-state index is 13.8. The number of sulfonamides is 1. The van der Waals surface area contributed by atoms with E-state index in [0.29, 0.717) is 12.2 Å². The molecule has 2 aromatic rings. The summed E-state index contributed by atoms with van der Waals surface area (Å²) >= 11 is 0. The van der Waals surface area contributed by atoms with E-state index in [4.69, 9.17) is 9.47 Å². The fourth-order valence-corrected chi connectivity index (χ4v) is 5.50. The Morgan fingerprint density at radius 1 is 1.05 bits per heavy atom. The summed E-state index contributed by atoms with van der Waals surface area (Å²) in [5.74, 6) is -0.0174. The summed E-state index contributed by atoms with van der Waals surface area (Å²) in [6.45, 7) is 1.52. The van der Waals surface area contributed by atoms with Crippen molar-refractivity contribution in [3.63, 3.8) is 0 Å². The second kappa shape index (κ2) is 12.8. The Bertz CT molecular complexity index is 1170. The lowest BCUT2D eigenvalue weighted by Gasteiger charge is -2.33. The first-order chi connectivity index (χ1) is 17.7. The van der Waals surface area contributed by atoms with Crippen LogP contribution >= 0.6 is 0 Å². The van der Waals surface area contributed by atoms with Crippen LogP contribution in [0.15, 0.2) is 48.5 Å². The Morgan fingerprint density at radius 3 is 2.30 bits per heavy atom. The first-order valence-corrected chi connectivity index (χ1v) is 14.4. The molecule has 1 N–H and O–H groups in total. The summed E-state index contributed by atoms with van der Waals surface area (Å²) < 4.78 is 37.5. The highest BCUT2D eigenvalue weighted by atomic mass is 32.2. The number of nitrogens with zero attached hydrogens (tertiary/aromatic N) is 2.